The van der Waals surface area contributed by atoms with E-state index in [1.165, 1.54) is 11.0 Å². The minimum absolute atomic E-state index is 0.0747. The summed E-state index contributed by atoms with van der Waals surface area (Å²) in [4.78, 5) is 27.7. The van der Waals surface area contributed by atoms with Gasteiger partial charge in [0.2, 0.25) is 21.8 Å². The lowest BCUT2D eigenvalue weighted by atomic mass is 10.1. The van der Waals surface area contributed by atoms with Crippen LogP contribution in [-0.2, 0) is 26.2 Å². The van der Waals surface area contributed by atoms with E-state index in [4.69, 9.17) is 23.2 Å². The van der Waals surface area contributed by atoms with Gasteiger partial charge in [-0.15, -0.1) is 0 Å². The first kappa shape index (κ1) is 27.0. The second-order valence-corrected chi connectivity index (χ2v) is 11.6. The largest absolute Gasteiger partial charge is 0.350 e. The Hall–Kier alpha value is -2.29. The molecule has 0 fully saturated rings. The highest BCUT2D eigenvalue weighted by Crippen LogP contribution is 2.23. The maximum absolute atomic E-state index is 13.4. The summed E-state index contributed by atoms with van der Waals surface area (Å²) >= 11 is 12.1. The van der Waals surface area contributed by atoms with Crippen LogP contribution in [0.3, 0.4) is 0 Å². The molecule has 7 nitrogen and oxygen atoms in total. The molecule has 2 aromatic rings. The summed E-state index contributed by atoms with van der Waals surface area (Å²) < 4.78 is 26.0. The molecule has 2 aromatic carbocycles. The predicted molar refractivity (Wildman–Crippen MR) is 133 cm³/mol. The minimum atomic E-state index is -3.81. The molecule has 0 aliphatic rings. The molecule has 10 heteroatoms. The molecule has 1 atom stereocenters. The zero-order valence-corrected chi connectivity index (χ0v) is 21.6. The molecule has 0 spiro atoms. The number of hydrogen-bond donors (Lipinski definition) is 1. The number of benzene rings is 2. The summed E-state index contributed by atoms with van der Waals surface area (Å²) in [5, 5.41) is 3.69. The molecular weight excluding hydrogens is 485 g/mol. The molecule has 0 aromatic heterocycles. The number of sulfonamides is 1. The molecule has 0 unspecified atom stereocenters. The molecule has 0 saturated carbocycles. The fraction of sp³-hybridized carbons (Fsp3) is 0.391. The molecule has 0 heterocycles. The van der Waals surface area contributed by atoms with Gasteiger partial charge in [-0.1, -0.05) is 41.4 Å². The highest BCUT2D eigenvalue weighted by molar-refractivity contribution is 7.92. The van der Waals surface area contributed by atoms with Crippen molar-refractivity contribution in [1.29, 1.82) is 0 Å². The standard InChI is InChI=1S/C23H29Cl2N3O4S/c1-16(22(30)26-23(2,3)4)27(14-17-8-6-9-18(24)12-17)21(29)15-28(33(5,31)32)20-11-7-10-19(25)13-20/h6-13,16H,14-15H2,1-5H3,(H,26,30)/t16-/m0/s1. The zero-order valence-electron chi connectivity index (χ0n) is 19.3. The Morgan fingerprint density at radius 3 is 2.12 bits per heavy atom. The Bertz CT molecular complexity index is 1120. The lowest BCUT2D eigenvalue weighted by Gasteiger charge is -2.33. The maximum atomic E-state index is 13.4. The molecule has 0 aliphatic carbocycles. The van der Waals surface area contributed by atoms with Crippen LogP contribution in [0.4, 0.5) is 5.69 Å². The lowest BCUT2D eigenvalue weighted by Crippen LogP contribution is -2.54. The van der Waals surface area contributed by atoms with E-state index in [2.05, 4.69) is 5.32 Å². The number of nitrogens with one attached hydrogen (secondary N) is 1. The number of halogens is 2. The topological polar surface area (TPSA) is 86.8 Å². The second-order valence-electron chi connectivity index (χ2n) is 8.82. The smallest absolute Gasteiger partial charge is 0.244 e. The Morgan fingerprint density at radius 1 is 1.03 bits per heavy atom. The summed E-state index contributed by atoms with van der Waals surface area (Å²) in [7, 11) is -3.81. The molecule has 0 saturated heterocycles. The molecule has 180 valence electrons. The SMILES string of the molecule is C[C@@H](C(=O)NC(C)(C)C)N(Cc1cccc(Cl)c1)C(=O)CN(c1cccc(Cl)c1)S(C)(=O)=O. The van der Waals surface area contributed by atoms with Crippen molar-refractivity contribution >= 4 is 50.7 Å². The first-order valence-electron chi connectivity index (χ1n) is 10.3. The third-order valence-electron chi connectivity index (χ3n) is 4.68. The van der Waals surface area contributed by atoms with Crippen LogP contribution in [0, 0.1) is 0 Å². The van der Waals surface area contributed by atoms with Crippen LogP contribution in [0.2, 0.25) is 10.0 Å². The Balaban J connectivity index is 2.41. The van der Waals surface area contributed by atoms with Crippen LogP contribution >= 0.6 is 23.2 Å². The zero-order chi connectivity index (χ0) is 25.0. The molecule has 0 aliphatic heterocycles. The molecule has 0 bridgehead atoms. The molecule has 1 N–H and O–H groups in total. The third-order valence-corrected chi connectivity index (χ3v) is 6.29. The Kier molecular flexibility index (Phi) is 8.79. The number of carbonyl (C=O) groups is 2. The van der Waals surface area contributed by atoms with Crippen LogP contribution in [-0.4, -0.2) is 49.5 Å². The van der Waals surface area contributed by atoms with Crippen molar-refractivity contribution in [3.63, 3.8) is 0 Å². The van der Waals surface area contributed by atoms with Gasteiger partial charge in [-0.05, 0) is 63.6 Å². The molecule has 0 radical (unpaired) electrons. The molecule has 2 amide bonds. The summed E-state index contributed by atoms with van der Waals surface area (Å²) in [5.74, 6) is -0.900. The van der Waals surface area contributed by atoms with Crippen molar-refractivity contribution in [3.8, 4) is 0 Å². The first-order valence-corrected chi connectivity index (χ1v) is 12.9. The van der Waals surface area contributed by atoms with Crippen LogP contribution in [0.5, 0.6) is 0 Å². The van der Waals surface area contributed by atoms with Gasteiger partial charge in [0, 0.05) is 22.1 Å². The van der Waals surface area contributed by atoms with Crippen LogP contribution in [0.25, 0.3) is 0 Å². The van der Waals surface area contributed by atoms with E-state index in [1.54, 1.807) is 49.4 Å². The summed E-state index contributed by atoms with van der Waals surface area (Å²) in [5.41, 5.74) is 0.461. The van der Waals surface area contributed by atoms with E-state index in [9.17, 15) is 18.0 Å². The number of amides is 2. The molecule has 33 heavy (non-hydrogen) atoms. The average molecular weight is 514 g/mol. The number of anilines is 1. The molecule has 2 rings (SSSR count). The number of rotatable bonds is 8. The van der Waals surface area contributed by atoms with Gasteiger partial charge in [0.1, 0.15) is 12.6 Å². The van der Waals surface area contributed by atoms with Gasteiger partial charge in [0.05, 0.1) is 11.9 Å². The monoisotopic (exact) mass is 513 g/mol. The van der Waals surface area contributed by atoms with Gasteiger partial charge in [-0.2, -0.15) is 0 Å². The quantitative estimate of drug-likeness (QED) is 0.575. The summed E-state index contributed by atoms with van der Waals surface area (Å²) in [6, 6.07) is 12.3. The van der Waals surface area contributed by atoms with Crippen molar-refractivity contribution < 1.29 is 18.0 Å². The van der Waals surface area contributed by atoms with Gasteiger partial charge < -0.3 is 10.2 Å². The van der Waals surface area contributed by atoms with E-state index in [0.29, 0.717) is 15.6 Å². The second kappa shape index (κ2) is 10.8. The average Bonchev–Trinajstić information content (AvgIpc) is 2.67. The van der Waals surface area contributed by atoms with E-state index in [1.807, 2.05) is 20.8 Å². The number of nitrogens with zero attached hydrogens (tertiary/aromatic N) is 2. The van der Waals surface area contributed by atoms with Crippen molar-refractivity contribution in [2.24, 2.45) is 0 Å². The van der Waals surface area contributed by atoms with Crippen LogP contribution in [0.15, 0.2) is 48.5 Å². The highest BCUT2D eigenvalue weighted by atomic mass is 35.5. The van der Waals surface area contributed by atoms with Crippen molar-refractivity contribution in [2.45, 2.75) is 45.8 Å². The summed E-state index contributed by atoms with van der Waals surface area (Å²) in [6.45, 7) is 6.70. The van der Waals surface area contributed by atoms with E-state index in [0.717, 1.165) is 10.6 Å². The molecular formula is C23H29Cl2N3O4S. The number of hydrogen-bond acceptors (Lipinski definition) is 4. The first-order chi connectivity index (χ1) is 15.2. The van der Waals surface area contributed by atoms with Gasteiger partial charge >= 0.3 is 0 Å². The van der Waals surface area contributed by atoms with Gasteiger partial charge in [0.25, 0.3) is 0 Å². The lowest BCUT2D eigenvalue weighted by molar-refractivity contribution is -0.140. The minimum Gasteiger partial charge on any atom is -0.350 e. The van der Waals surface area contributed by atoms with Crippen molar-refractivity contribution in [3.05, 3.63) is 64.1 Å². The van der Waals surface area contributed by atoms with Crippen LogP contribution < -0.4 is 9.62 Å². The van der Waals surface area contributed by atoms with E-state index >= 15 is 0 Å². The normalized spacial score (nSPS) is 12.7. The summed E-state index contributed by atoms with van der Waals surface area (Å²) in [6.07, 6.45) is 1.01. The van der Waals surface area contributed by atoms with Crippen LogP contribution in [0.1, 0.15) is 33.3 Å². The predicted octanol–water partition coefficient (Wildman–Crippen LogP) is 4.09. The van der Waals surface area contributed by atoms with Gasteiger partial charge in [-0.25, -0.2) is 8.42 Å². The van der Waals surface area contributed by atoms with Crippen molar-refractivity contribution in [2.75, 3.05) is 17.1 Å². The van der Waals surface area contributed by atoms with E-state index < -0.39 is 34.1 Å². The van der Waals surface area contributed by atoms with Gasteiger partial charge in [0.15, 0.2) is 0 Å². The Morgan fingerprint density at radius 2 is 1.61 bits per heavy atom. The van der Waals surface area contributed by atoms with Crippen molar-refractivity contribution in [1.82, 2.24) is 10.2 Å². The fourth-order valence-corrected chi connectivity index (χ4v) is 4.37. The number of carbonyl (C=O) groups excluding carboxylic acids is 2. The fourth-order valence-electron chi connectivity index (χ4n) is 3.13. The third kappa shape index (κ3) is 8.21. The van der Waals surface area contributed by atoms with Gasteiger partial charge in [-0.3, -0.25) is 13.9 Å². The maximum Gasteiger partial charge on any atom is 0.244 e. The van der Waals surface area contributed by atoms with E-state index in [-0.39, 0.29) is 18.1 Å². The highest BCUT2D eigenvalue weighted by Gasteiger charge is 2.31. The Labute approximate surface area is 205 Å².